The number of carbonyl (C=O) groups excluding carboxylic acids is 1. The average Bonchev–Trinajstić information content (AvgIpc) is 2.86. The first-order valence-corrected chi connectivity index (χ1v) is 6.29. The van der Waals surface area contributed by atoms with E-state index in [9.17, 15) is 4.79 Å². The monoisotopic (exact) mass is 252 g/mol. The summed E-state index contributed by atoms with van der Waals surface area (Å²) in [4.78, 5) is 15.5. The first-order valence-electron chi connectivity index (χ1n) is 6.29. The molecule has 1 fully saturated rings. The van der Waals surface area contributed by atoms with Crippen LogP contribution in [0.15, 0.2) is 12.4 Å². The molecule has 1 aromatic rings. The van der Waals surface area contributed by atoms with Gasteiger partial charge in [-0.2, -0.15) is 15.0 Å². The van der Waals surface area contributed by atoms with Crippen molar-refractivity contribution < 1.29 is 9.53 Å². The van der Waals surface area contributed by atoms with Gasteiger partial charge >= 0.3 is 6.09 Å². The number of likely N-dealkylation sites (tertiary alicyclic amines) is 1. The Bertz CT molecular complexity index is 397. The molecule has 0 radical (unpaired) electrons. The number of hydrogen-bond donors (Lipinski definition) is 0. The van der Waals surface area contributed by atoms with E-state index in [-0.39, 0.29) is 12.1 Å². The maximum absolute atomic E-state index is 12.1. The third kappa shape index (κ3) is 3.21. The van der Waals surface area contributed by atoms with Crippen LogP contribution in [0.2, 0.25) is 0 Å². The van der Waals surface area contributed by atoms with Crippen molar-refractivity contribution in [2.75, 3.05) is 6.54 Å². The Morgan fingerprint density at radius 1 is 1.39 bits per heavy atom. The number of amides is 1. The molecular weight excluding hydrogens is 232 g/mol. The fourth-order valence-electron chi connectivity index (χ4n) is 2.11. The molecule has 1 saturated heterocycles. The maximum Gasteiger partial charge on any atom is 0.410 e. The van der Waals surface area contributed by atoms with Gasteiger partial charge in [0.1, 0.15) is 5.60 Å². The Labute approximate surface area is 107 Å². The van der Waals surface area contributed by atoms with Gasteiger partial charge in [-0.1, -0.05) is 0 Å². The zero-order valence-corrected chi connectivity index (χ0v) is 11.2. The summed E-state index contributed by atoms with van der Waals surface area (Å²) in [5.74, 6) is 0. The van der Waals surface area contributed by atoms with Crippen LogP contribution in [0, 0.1) is 0 Å². The van der Waals surface area contributed by atoms with Crippen LogP contribution in [-0.2, 0) is 11.3 Å². The van der Waals surface area contributed by atoms with Crippen molar-refractivity contribution in [2.24, 2.45) is 0 Å². The average molecular weight is 252 g/mol. The predicted molar refractivity (Wildman–Crippen MR) is 66.0 cm³/mol. The zero-order chi connectivity index (χ0) is 13.2. The van der Waals surface area contributed by atoms with Crippen molar-refractivity contribution >= 4 is 6.09 Å². The molecule has 6 heteroatoms. The Balaban J connectivity index is 1.97. The molecule has 0 spiro atoms. The third-order valence-corrected chi connectivity index (χ3v) is 2.85. The van der Waals surface area contributed by atoms with Gasteiger partial charge in [-0.05, 0) is 33.6 Å². The van der Waals surface area contributed by atoms with E-state index in [0.29, 0.717) is 6.54 Å². The highest BCUT2D eigenvalue weighted by Gasteiger charge is 2.32. The topological polar surface area (TPSA) is 60.2 Å². The molecule has 1 amide bonds. The van der Waals surface area contributed by atoms with E-state index in [4.69, 9.17) is 4.74 Å². The first kappa shape index (κ1) is 12.9. The Hall–Kier alpha value is -1.59. The van der Waals surface area contributed by atoms with E-state index in [0.717, 1.165) is 19.4 Å². The van der Waals surface area contributed by atoms with Crippen molar-refractivity contribution in [3.63, 3.8) is 0 Å². The zero-order valence-electron chi connectivity index (χ0n) is 11.2. The van der Waals surface area contributed by atoms with E-state index in [2.05, 4.69) is 10.2 Å². The molecule has 2 rings (SSSR count). The molecule has 1 atom stereocenters. The van der Waals surface area contributed by atoms with Gasteiger partial charge in [0.15, 0.2) is 0 Å². The molecule has 100 valence electrons. The summed E-state index contributed by atoms with van der Waals surface area (Å²) in [5, 5.41) is 8.15. The Morgan fingerprint density at radius 2 is 2.06 bits per heavy atom. The van der Waals surface area contributed by atoms with Gasteiger partial charge < -0.3 is 9.64 Å². The van der Waals surface area contributed by atoms with Gasteiger partial charge in [0.25, 0.3) is 0 Å². The third-order valence-electron chi connectivity index (χ3n) is 2.85. The van der Waals surface area contributed by atoms with Crippen molar-refractivity contribution in [2.45, 2.75) is 51.8 Å². The van der Waals surface area contributed by atoms with Gasteiger partial charge in [-0.15, -0.1) is 0 Å². The van der Waals surface area contributed by atoms with Crippen molar-refractivity contribution in [1.82, 2.24) is 19.9 Å². The quantitative estimate of drug-likeness (QED) is 0.803. The minimum Gasteiger partial charge on any atom is -0.444 e. The first-order chi connectivity index (χ1) is 8.46. The molecule has 0 aromatic carbocycles. The molecule has 2 heterocycles. The van der Waals surface area contributed by atoms with Gasteiger partial charge in [0, 0.05) is 6.54 Å². The van der Waals surface area contributed by atoms with Gasteiger partial charge in [-0.25, -0.2) is 4.79 Å². The van der Waals surface area contributed by atoms with Crippen LogP contribution in [0.5, 0.6) is 0 Å². The van der Waals surface area contributed by atoms with Crippen LogP contribution < -0.4 is 0 Å². The van der Waals surface area contributed by atoms with Crippen LogP contribution in [0.1, 0.15) is 33.6 Å². The second-order valence-electron chi connectivity index (χ2n) is 5.55. The second-order valence-corrected chi connectivity index (χ2v) is 5.55. The van der Waals surface area contributed by atoms with E-state index < -0.39 is 5.60 Å². The van der Waals surface area contributed by atoms with Crippen molar-refractivity contribution in [3.8, 4) is 0 Å². The second kappa shape index (κ2) is 4.96. The number of rotatable bonds is 2. The van der Waals surface area contributed by atoms with E-state index >= 15 is 0 Å². The normalized spacial score (nSPS) is 20.2. The lowest BCUT2D eigenvalue weighted by atomic mass is 10.2. The SMILES string of the molecule is CC(C)(C)OC(=O)N1CCC[C@@H]1Cn1nccn1. The molecule has 1 aromatic heterocycles. The van der Waals surface area contributed by atoms with Crippen LogP contribution in [0.25, 0.3) is 0 Å². The molecule has 1 aliphatic rings. The lowest BCUT2D eigenvalue weighted by molar-refractivity contribution is 0.0208. The standard InChI is InChI=1S/C12H20N4O2/c1-12(2,3)18-11(17)15-8-4-5-10(15)9-16-13-6-7-14-16/h6-7,10H,4-5,8-9H2,1-3H3/t10-/m1/s1. The highest BCUT2D eigenvalue weighted by Crippen LogP contribution is 2.21. The van der Waals surface area contributed by atoms with Crippen molar-refractivity contribution in [1.29, 1.82) is 0 Å². The number of hydrogen-bond acceptors (Lipinski definition) is 4. The molecule has 0 N–H and O–H groups in total. The summed E-state index contributed by atoms with van der Waals surface area (Å²) >= 11 is 0. The largest absolute Gasteiger partial charge is 0.444 e. The molecule has 0 bridgehead atoms. The van der Waals surface area contributed by atoms with E-state index in [1.807, 2.05) is 20.8 Å². The summed E-state index contributed by atoms with van der Waals surface area (Å²) in [6.07, 6.45) is 5.03. The number of carbonyl (C=O) groups is 1. The Kier molecular flexibility index (Phi) is 3.54. The summed E-state index contributed by atoms with van der Waals surface area (Å²) in [7, 11) is 0. The minimum atomic E-state index is -0.450. The fourth-order valence-corrected chi connectivity index (χ4v) is 2.11. The summed E-state index contributed by atoms with van der Waals surface area (Å²) in [5.41, 5.74) is -0.450. The predicted octanol–water partition coefficient (Wildman–Crippen LogP) is 1.68. The summed E-state index contributed by atoms with van der Waals surface area (Å²) in [6.45, 7) is 7.02. The van der Waals surface area contributed by atoms with Crippen LogP contribution in [0.3, 0.4) is 0 Å². The van der Waals surface area contributed by atoms with Crippen LogP contribution >= 0.6 is 0 Å². The molecule has 0 aliphatic carbocycles. The van der Waals surface area contributed by atoms with Crippen molar-refractivity contribution in [3.05, 3.63) is 12.4 Å². The van der Waals surface area contributed by atoms with Crippen LogP contribution in [0.4, 0.5) is 4.79 Å². The summed E-state index contributed by atoms with van der Waals surface area (Å²) in [6, 6.07) is 0.132. The lowest BCUT2D eigenvalue weighted by Crippen LogP contribution is -2.41. The van der Waals surface area contributed by atoms with Gasteiger partial charge in [0.05, 0.1) is 25.0 Å². The fraction of sp³-hybridized carbons (Fsp3) is 0.750. The van der Waals surface area contributed by atoms with Crippen LogP contribution in [-0.4, -0.2) is 44.2 Å². The summed E-state index contributed by atoms with van der Waals surface area (Å²) < 4.78 is 5.41. The van der Waals surface area contributed by atoms with E-state index in [1.54, 1.807) is 22.1 Å². The number of ether oxygens (including phenoxy) is 1. The maximum atomic E-state index is 12.1. The Morgan fingerprint density at radius 3 is 2.67 bits per heavy atom. The number of aromatic nitrogens is 3. The van der Waals surface area contributed by atoms with Gasteiger partial charge in [0.2, 0.25) is 0 Å². The molecular formula is C12H20N4O2. The minimum absolute atomic E-state index is 0.132. The van der Waals surface area contributed by atoms with E-state index in [1.165, 1.54) is 0 Å². The molecule has 1 aliphatic heterocycles. The molecule has 0 unspecified atom stereocenters. The highest BCUT2D eigenvalue weighted by atomic mass is 16.6. The molecule has 18 heavy (non-hydrogen) atoms. The highest BCUT2D eigenvalue weighted by molar-refractivity contribution is 5.68. The van der Waals surface area contributed by atoms with Gasteiger partial charge in [-0.3, -0.25) is 0 Å². The molecule has 6 nitrogen and oxygen atoms in total. The molecule has 0 saturated carbocycles. The smallest absolute Gasteiger partial charge is 0.410 e. The lowest BCUT2D eigenvalue weighted by Gasteiger charge is -2.28. The number of nitrogens with zero attached hydrogens (tertiary/aromatic N) is 4.